The summed E-state index contributed by atoms with van der Waals surface area (Å²) in [5.74, 6) is 1.27. The van der Waals surface area contributed by atoms with Gasteiger partial charge in [0, 0.05) is 25.3 Å². The van der Waals surface area contributed by atoms with Crippen molar-refractivity contribution in [3.63, 3.8) is 0 Å². The summed E-state index contributed by atoms with van der Waals surface area (Å²) in [4.78, 5) is 9.69. The Morgan fingerprint density at radius 1 is 1.18 bits per heavy atom. The lowest BCUT2D eigenvalue weighted by Gasteiger charge is -2.26. The number of dihydropyridines is 1. The van der Waals surface area contributed by atoms with E-state index in [0.29, 0.717) is 25.6 Å². The Kier molecular flexibility index (Phi) is 8.64. The zero-order chi connectivity index (χ0) is 20.7. The highest BCUT2D eigenvalue weighted by Gasteiger charge is 2.22. The maximum Gasteiger partial charge on any atom is 0.143 e. The van der Waals surface area contributed by atoms with Crippen LogP contribution in [0.15, 0.2) is 17.1 Å². The first-order valence-electron chi connectivity index (χ1n) is 10.7. The number of nitrogens with two attached hydrogens (primary N) is 1. The van der Waals surface area contributed by atoms with Gasteiger partial charge in [-0.3, -0.25) is 4.99 Å². The summed E-state index contributed by atoms with van der Waals surface area (Å²) in [7, 11) is 0. The van der Waals surface area contributed by atoms with E-state index in [1.54, 1.807) is 0 Å². The van der Waals surface area contributed by atoms with Crippen molar-refractivity contribution in [2.75, 3.05) is 13.2 Å². The Morgan fingerprint density at radius 3 is 2.43 bits per heavy atom. The molecule has 2 heterocycles. The summed E-state index contributed by atoms with van der Waals surface area (Å²) in [6.45, 7) is 14.4. The molecule has 1 aromatic heterocycles. The molecule has 2 unspecified atom stereocenters. The zero-order valence-electron chi connectivity index (χ0n) is 18.4. The van der Waals surface area contributed by atoms with Crippen LogP contribution in [0.5, 0.6) is 5.75 Å². The molecule has 2 rings (SSSR count). The molecule has 0 aromatic carbocycles. The van der Waals surface area contributed by atoms with Crippen molar-refractivity contribution in [2.24, 2.45) is 16.6 Å². The molecule has 2 N–H and O–H groups in total. The highest BCUT2D eigenvalue weighted by Crippen LogP contribution is 2.29. The minimum Gasteiger partial charge on any atom is -0.486 e. The molecule has 5 nitrogen and oxygen atoms in total. The average Bonchev–Trinajstić information content (AvgIpc) is 2.71. The SMILES string of the molecule is CCOC(C)C(CC)Oc1cc(CC)c(C2=CCC(C(C)C)=NC2)nc1CN. The lowest BCUT2D eigenvalue weighted by Crippen LogP contribution is -2.32. The molecule has 0 bridgehead atoms. The van der Waals surface area contributed by atoms with Crippen LogP contribution in [-0.4, -0.2) is 36.1 Å². The third-order valence-corrected chi connectivity index (χ3v) is 5.33. The predicted molar refractivity (Wildman–Crippen MR) is 117 cm³/mol. The molecule has 0 amide bonds. The average molecular weight is 388 g/mol. The molecule has 2 atom stereocenters. The number of aromatic nitrogens is 1. The van der Waals surface area contributed by atoms with E-state index >= 15 is 0 Å². The minimum atomic E-state index is -0.0188. The number of hydrogen-bond acceptors (Lipinski definition) is 5. The second kappa shape index (κ2) is 10.7. The van der Waals surface area contributed by atoms with Crippen molar-refractivity contribution in [2.45, 2.75) is 79.6 Å². The first kappa shape index (κ1) is 22.6. The third-order valence-electron chi connectivity index (χ3n) is 5.33. The van der Waals surface area contributed by atoms with E-state index in [1.807, 2.05) is 6.92 Å². The Balaban J connectivity index is 2.31. The number of aliphatic imine (C=N–C) groups is 1. The van der Waals surface area contributed by atoms with E-state index in [4.69, 9.17) is 25.2 Å². The first-order valence-corrected chi connectivity index (χ1v) is 10.7. The van der Waals surface area contributed by atoms with Crippen LogP contribution in [0.4, 0.5) is 0 Å². The van der Waals surface area contributed by atoms with Gasteiger partial charge in [0.05, 0.1) is 24.0 Å². The van der Waals surface area contributed by atoms with Crippen molar-refractivity contribution >= 4 is 11.3 Å². The predicted octanol–water partition coefficient (Wildman–Crippen LogP) is 4.57. The van der Waals surface area contributed by atoms with E-state index in [2.05, 4.69) is 46.8 Å². The number of nitrogens with zero attached hydrogens (tertiary/aromatic N) is 2. The minimum absolute atomic E-state index is 0.0188. The fourth-order valence-corrected chi connectivity index (χ4v) is 3.55. The van der Waals surface area contributed by atoms with Crippen LogP contribution < -0.4 is 10.5 Å². The van der Waals surface area contributed by atoms with Crippen molar-refractivity contribution in [1.29, 1.82) is 0 Å². The molecule has 0 radical (unpaired) electrons. The van der Waals surface area contributed by atoms with Gasteiger partial charge in [-0.05, 0) is 49.8 Å². The number of pyridine rings is 1. The van der Waals surface area contributed by atoms with Crippen LogP contribution in [0.2, 0.25) is 0 Å². The van der Waals surface area contributed by atoms with Crippen LogP contribution >= 0.6 is 0 Å². The topological polar surface area (TPSA) is 69.7 Å². The van der Waals surface area contributed by atoms with Crippen LogP contribution in [-0.2, 0) is 17.7 Å². The maximum atomic E-state index is 6.32. The van der Waals surface area contributed by atoms with Crippen LogP contribution in [0.1, 0.15) is 71.3 Å². The lowest BCUT2D eigenvalue weighted by molar-refractivity contribution is -0.0110. The van der Waals surface area contributed by atoms with E-state index in [9.17, 15) is 0 Å². The van der Waals surface area contributed by atoms with Crippen molar-refractivity contribution in [3.8, 4) is 5.75 Å². The molecule has 28 heavy (non-hydrogen) atoms. The molecular formula is C23H37N3O2. The van der Waals surface area contributed by atoms with E-state index in [-0.39, 0.29) is 12.2 Å². The molecule has 0 aliphatic carbocycles. The largest absolute Gasteiger partial charge is 0.486 e. The van der Waals surface area contributed by atoms with Crippen molar-refractivity contribution in [3.05, 3.63) is 29.1 Å². The van der Waals surface area contributed by atoms with Gasteiger partial charge in [0.15, 0.2) is 0 Å². The zero-order valence-corrected chi connectivity index (χ0v) is 18.4. The van der Waals surface area contributed by atoms with Crippen molar-refractivity contribution in [1.82, 2.24) is 4.98 Å². The van der Waals surface area contributed by atoms with Crippen LogP contribution in [0, 0.1) is 5.92 Å². The summed E-state index contributed by atoms with van der Waals surface area (Å²) >= 11 is 0. The number of aryl methyl sites for hydroxylation is 1. The van der Waals surface area contributed by atoms with Gasteiger partial charge in [0.25, 0.3) is 0 Å². The van der Waals surface area contributed by atoms with Gasteiger partial charge in [-0.15, -0.1) is 0 Å². The Hall–Kier alpha value is -1.72. The van der Waals surface area contributed by atoms with Crippen molar-refractivity contribution < 1.29 is 9.47 Å². The second-order valence-electron chi connectivity index (χ2n) is 7.62. The number of rotatable bonds is 10. The summed E-state index contributed by atoms with van der Waals surface area (Å²) in [6, 6.07) is 2.12. The fourth-order valence-electron chi connectivity index (χ4n) is 3.55. The monoisotopic (exact) mass is 387 g/mol. The summed E-state index contributed by atoms with van der Waals surface area (Å²) in [5, 5.41) is 0. The standard InChI is InChI=1S/C23H37N3O2/c1-7-17-12-22(28-21(8-2)16(6)27-9-3)20(13-24)26-23(17)18-10-11-19(15(4)5)25-14-18/h10,12,15-16,21H,7-9,11,13-14,24H2,1-6H3. The van der Waals surface area contributed by atoms with Gasteiger partial charge in [0.1, 0.15) is 11.9 Å². The van der Waals surface area contributed by atoms with E-state index < -0.39 is 0 Å². The highest BCUT2D eigenvalue weighted by atomic mass is 16.5. The normalized spacial score (nSPS) is 16.6. The Bertz CT molecular complexity index is 710. The van der Waals surface area contributed by atoms with Gasteiger partial charge < -0.3 is 15.2 Å². The summed E-state index contributed by atoms with van der Waals surface area (Å²) < 4.78 is 12.1. The highest BCUT2D eigenvalue weighted by molar-refractivity contribution is 5.91. The van der Waals surface area contributed by atoms with E-state index in [0.717, 1.165) is 36.4 Å². The van der Waals surface area contributed by atoms with Gasteiger partial charge in [-0.25, -0.2) is 4.98 Å². The van der Waals surface area contributed by atoms with Crippen LogP contribution in [0.3, 0.4) is 0 Å². The summed E-state index contributed by atoms with van der Waals surface area (Å²) in [6.07, 6.45) is 4.94. The molecule has 1 aliphatic heterocycles. The van der Waals surface area contributed by atoms with Gasteiger partial charge >= 0.3 is 0 Å². The molecule has 0 fully saturated rings. The molecule has 1 aromatic rings. The third kappa shape index (κ3) is 5.42. The first-order chi connectivity index (χ1) is 13.4. The molecule has 5 heteroatoms. The number of hydrogen-bond donors (Lipinski definition) is 1. The number of allylic oxidation sites excluding steroid dienone is 1. The molecule has 156 valence electrons. The number of ether oxygens (including phenoxy) is 2. The molecule has 0 saturated carbocycles. The molecule has 1 aliphatic rings. The second-order valence-corrected chi connectivity index (χ2v) is 7.62. The summed E-state index contributed by atoms with van der Waals surface area (Å²) in [5.41, 5.74) is 11.5. The van der Waals surface area contributed by atoms with Gasteiger partial charge in [0.2, 0.25) is 0 Å². The quantitative estimate of drug-likeness (QED) is 0.638. The molecule has 0 spiro atoms. The van der Waals surface area contributed by atoms with Gasteiger partial charge in [-0.2, -0.15) is 0 Å². The smallest absolute Gasteiger partial charge is 0.143 e. The van der Waals surface area contributed by atoms with E-state index in [1.165, 1.54) is 16.8 Å². The molecular weight excluding hydrogens is 350 g/mol. The van der Waals surface area contributed by atoms with Gasteiger partial charge in [-0.1, -0.05) is 33.8 Å². The Labute approximate surface area is 170 Å². The maximum absolute atomic E-state index is 6.32. The molecule has 0 saturated heterocycles. The lowest BCUT2D eigenvalue weighted by atomic mass is 9.96. The fraction of sp³-hybridized carbons (Fsp3) is 0.652. The Morgan fingerprint density at radius 2 is 1.93 bits per heavy atom. The van der Waals surface area contributed by atoms with Crippen LogP contribution in [0.25, 0.3) is 5.57 Å².